The molecule has 1 atom stereocenters. The molecule has 0 saturated carbocycles. The first-order valence-corrected chi connectivity index (χ1v) is 11.7. The SMILES string of the molecule is C=C(NC1=NC(c2ccccc2[N+](=O)[O-])Nc2ccccc21)c1cc(F)ccc1C.CCCCC. The molecule has 4 rings (SSSR count). The number of aryl methyl sites for hydroxylation is 1. The molecule has 1 aliphatic rings. The van der Waals surface area contributed by atoms with Gasteiger partial charge < -0.3 is 10.6 Å². The van der Waals surface area contributed by atoms with Crippen molar-refractivity contribution in [2.24, 2.45) is 4.99 Å². The third-order valence-corrected chi connectivity index (χ3v) is 5.66. The van der Waals surface area contributed by atoms with Crippen LogP contribution < -0.4 is 10.6 Å². The number of para-hydroxylation sites is 2. The Hall–Kier alpha value is -4.00. The van der Waals surface area contributed by atoms with Gasteiger partial charge >= 0.3 is 0 Å². The lowest BCUT2D eigenvalue weighted by molar-refractivity contribution is -0.385. The number of nitrogens with zero attached hydrogens (tertiary/aromatic N) is 2. The number of aliphatic imine (C=N–C) groups is 1. The second kappa shape index (κ2) is 11.9. The van der Waals surface area contributed by atoms with Crippen LogP contribution in [0.25, 0.3) is 5.70 Å². The van der Waals surface area contributed by atoms with Crippen LogP contribution in [0.4, 0.5) is 15.8 Å². The zero-order chi connectivity index (χ0) is 25.4. The zero-order valence-electron chi connectivity index (χ0n) is 20.3. The van der Waals surface area contributed by atoms with Gasteiger partial charge in [0.1, 0.15) is 11.7 Å². The van der Waals surface area contributed by atoms with E-state index < -0.39 is 11.1 Å². The maximum Gasteiger partial charge on any atom is 0.276 e. The Bertz CT molecular complexity index is 1240. The van der Waals surface area contributed by atoms with Crippen molar-refractivity contribution in [1.82, 2.24) is 5.32 Å². The summed E-state index contributed by atoms with van der Waals surface area (Å²) < 4.78 is 13.8. The Morgan fingerprint density at radius 2 is 1.80 bits per heavy atom. The molecular formula is C28H31FN4O2. The van der Waals surface area contributed by atoms with Gasteiger partial charge in [0.15, 0.2) is 6.17 Å². The van der Waals surface area contributed by atoms with Crippen LogP contribution in [0.3, 0.4) is 0 Å². The number of benzene rings is 3. The normalized spacial score (nSPS) is 13.9. The molecule has 2 N–H and O–H groups in total. The van der Waals surface area contributed by atoms with Gasteiger partial charge in [0.25, 0.3) is 5.69 Å². The monoisotopic (exact) mass is 474 g/mol. The molecule has 0 fully saturated rings. The summed E-state index contributed by atoms with van der Waals surface area (Å²) in [7, 11) is 0. The summed E-state index contributed by atoms with van der Waals surface area (Å²) in [5, 5.41) is 17.9. The molecule has 3 aromatic carbocycles. The van der Waals surface area contributed by atoms with Gasteiger partial charge in [-0.25, -0.2) is 9.38 Å². The van der Waals surface area contributed by atoms with E-state index in [2.05, 4.69) is 36.1 Å². The number of rotatable bonds is 6. The van der Waals surface area contributed by atoms with Crippen LogP contribution in [0.2, 0.25) is 0 Å². The number of fused-ring (bicyclic) bond motifs is 1. The number of nitro benzene ring substituents is 1. The molecule has 182 valence electrons. The molecule has 1 unspecified atom stereocenters. The van der Waals surface area contributed by atoms with Gasteiger partial charge in [-0.3, -0.25) is 10.1 Å². The quantitative estimate of drug-likeness (QED) is 0.289. The molecule has 0 amide bonds. The van der Waals surface area contributed by atoms with Crippen molar-refractivity contribution in [3.8, 4) is 0 Å². The molecule has 0 saturated heterocycles. The van der Waals surface area contributed by atoms with Gasteiger partial charge in [0, 0.05) is 28.6 Å². The minimum atomic E-state index is -0.662. The van der Waals surface area contributed by atoms with Crippen molar-refractivity contribution in [3.05, 3.63) is 111 Å². The minimum Gasteiger partial charge on any atom is -0.359 e. The predicted molar refractivity (Wildman–Crippen MR) is 141 cm³/mol. The Kier molecular flexibility index (Phi) is 8.73. The predicted octanol–water partition coefficient (Wildman–Crippen LogP) is 7.37. The first-order chi connectivity index (χ1) is 16.8. The van der Waals surface area contributed by atoms with Gasteiger partial charge in [0.05, 0.1) is 10.5 Å². The number of anilines is 1. The van der Waals surface area contributed by atoms with Gasteiger partial charge in [-0.2, -0.15) is 0 Å². The summed E-state index contributed by atoms with van der Waals surface area (Å²) >= 11 is 0. The van der Waals surface area contributed by atoms with E-state index in [1.165, 1.54) is 37.5 Å². The summed E-state index contributed by atoms with van der Waals surface area (Å²) in [5.41, 5.74) is 4.00. The Labute approximate surface area is 205 Å². The molecule has 1 heterocycles. The van der Waals surface area contributed by atoms with E-state index >= 15 is 0 Å². The topological polar surface area (TPSA) is 79.6 Å². The molecule has 0 bridgehead atoms. The lowest BCUT2D eigenvalue weighted by Crippen LogP contribution is -2.30. The van der Waals surface area contributed by atoms with Crippen molar-refractivity contribution in [2.75, 3.05) is 5.32 Å². The third-order valence-electron chi connectivity index (χ3n) is 5.66. The van der Waals surface area contributed by atoms with Gasteiger partial charge in [-0.05, 0) is 42.8 Å². The lowest BCUT2D eigenvalue weighted by atomic mass is 10.0. The van der Waals surface area contributed by atoms with Crippen LogP contribution in [0, 0.1) is 22.9 Å². The number of nitro groups is 1. The average molecular weight is 475 g/mol. The number of unbranched alkanes of at least 4 members (excludes halogenated alkanes) is 2. The number of halogens is 1. The summed E-state index contributed by atoms with van der Waals surface area (Å²) in [6.07, 6.45) is 3.41. The fourth-order valence-corrected chi connectivity index (χ4v) is 3.81. The van der Waals surface area contributed by atoms with E-state index in [4.69, 9.17) is 0 Å². The Balaban J connectivity index is 0.000000623. The molecule has 3 aromatic rings. The Morgan fingerprint density at radius 3 is 2.49 bits per heavy atom. The molecular weight excluding hydrogens is 443 g/mol. The Morgan fingerprint density at radius 1 is 1.11 bits per heavy atom. The number of nitrogens with one attached hydrogen (secondary N) is 2. The highest BCUT2D eigenvalue weighted by molar-refractivity contribution is 6.08. The minimum absolute atomic E-state index is 0.0164. The van der Waals surface area contributed by atoms with Crippen LogP contribution in [-0.2, 0) is 0 Å². The van der Waals surface area contributed by atoms with Crippen LogP contribution >= 0.6 is 0 Å². The van der Waals surface area contributed by atoms with Crippen molar-refractivity contribution in [1.29, 1.82) is 0 Å². The highest BCUT2D eigenvalue weighted by Crippen LogP contribution is 2.34. The fraction of sp³-hybridized carbons (Fsp3) is 0.250. The average Bonchev–Trinajstić information content (AvgIpc) is 2.86. The molecule has 0 spiro atoms. The van der Waals surface area contributed by atoms with Crippen LogP contribution in [-0.4, -0.2) is 10.8 Å². The summed E-state index contributed by atoms with van der Waals surface area (Å²) in [4.78, 5) is 15.8. The molecule has 0 radical (unpaired) electrons. The molecule has 0 aliphatic carbocycles. The number of hydrogen-bond acceptors (Lipinski definition) is 5. The van der Waals surface area contributed by atoms with E-state index in [9.17, 15) is 14.5 Å². The van der Waals surface area contributed by atoms with Crippen molar-refractivity contribution in [3.63, 3.8) is 0 Å². The second-order valence-corrected chi connectivity index (χ2v) is 8.30. The van der Waals surface area contributed by atoms with Crippen molar-refractivity contribution >= 4 is 22.9 Å². The molecule has 35 heavy (non-hydrogen) atoms. The maximum absolute atomic E-state index is 13.8. The fourth-order valence-electron chi connectivity index (χ4n) is 3.81. The highest BCUT2D eigenvalue weighted by Gasteiger charge is 2.27. The summed E-state index contributed by atoms with van der Waals surface area (Å²) in [5.74, 6) is 0.144. The second-order valence-electron chi connectivity index (χ2n) is 8.30. The van der Waals surface area contributed by atoms with E-state index in [0.29, 0.717) is 22.7 Å². The zero-order valence-corrected chi connectivity index (χ0v) is 20.3. The van der Waals surface area contributed by atoms with Gasteiger partial charge in [-0.1, -0.05) is 70.0 Å². The van der Waals surface area contributed by atoms with Gasteiger partial charge in [0.2, 0.25) is 0 Å². The lowest BCUT2D eigenvalue weighted by Gasteiger charge is -2.27. The standard InChI is InChI=1S/C23H19FN4O2.C5H12/c1-14-11-12-16(24)13-19(14)15(2)25-22-17-7-3-5-9-20(17)26-23(27-22)18-8-4-6-10-21(18)28(29)30;1-3-5-4-2/h3-13,23,26H,2H2,1H3,(H,25,27);3-5H2,1-2H3. The first-order valence-electron chi connectivity index (χ1n) is 11.7. The van der Waals surface area contributed by atoms with E-state index in [1.54, 1.807) is 24.3 Å². The summed E-state index contributed by atoms with van der Waals surface area (Å²) in [6.45, 7) is 10.3. The molecule has 6 nitrogen and oxygen atoms in total. The van der Waals surface area contributed by atoms with Crippen LogP contribution in [0.1, 0.15) is 61.5 Å². The van der Waals surface area contributed by atoms with E-state index in [1.807, 2.05) is 31.2 Å². The van der Waals surface area contributed by atoms with Gasteiger partial charge in [-0.15, -0.1) is 0 Å². The third kappa shape index (κ3) is 6.32. The van der Waals surface area contributed by atoms with E-state index in [-0.39, 0.29) is 11.5 Å². The van der Waals surface area contributed by atoms with Crippen LogP contribution in [0.15, 0.2) is 78.3 Å². The molecule has 7 heteroatoms. The van der Waals surface area contributed by atoms with Crippen molar-refractivity contribution in [2.45, 2.75) is 46.2 Å². The highest BCUT2D eigenvalue weighted by atomic mass is 19.1. The van der Waals surface area contributed by atoms with Crippen molar-refractivity contribution < 1.29 is 9.31 Å². The molecule has 1 aliphatic heterocycles. The van der Waals surface area contributed by atoms with E-state index in [0.717, 1.165) is 16.8 Å². The number of hydrogen-bond donors (Lipinski definition) is 2. The number of amidine groups is 1. The first kappa shape index (κ1) is 25.6. The maximum atomic E-state index is 13.8. The largest absolute Gasteiger partial charge is 0.359 e. The smallest absolute Gasteiger partial charge is 0.276 e. The molecule has 0 aromatic heterocycles. The van der Waals surface area contributed by atoms with Crippen LogP contribution in [0.5, 0.6) is 0 Å². The summed E-state index contributed by atoms with van der Waals surface area (Å²) in [6, 6.07) is 18.5.